The Morgan fingerprint density at radius 3 is 1.77 bits per heavy atom. The molecule has 5 rings (SSSR count). The van der Waals surface area contributed by atoms with Crippen LogP contribution in [0.5, 0.6) is 5.88 Å². The van der Waals surface area contributed by atoms with E-state index in [0.29, 0.717) is 12.5 Å². The molecule has 4 aromatic rings. The van der Waals surface area contributed by atoms with Crippen LogP contribution < -0.4 is 20.7 Å². The van der Waals surface area contributed by atoms with Gasteiger partial charge in [0, 0.05) is 12.6 Å². The number of likely N-dealkylation sites (tertiary alicyclic amines) is 1. The van der Waals surface area contributed by atoms with E-state index in [-0.39, 0.29) is 12.1 Å². The minimum Gasteiger partial charge on any atom is -0.475 e. The van der Waals surface area contributed by atoms with Crippen LogP contribution in [0.1, 0.15) is 27.2 Å². The Morgan fingerprint density at radius 2 is 1.36 bits per heavy atom. The van der Waals surface area contributed by atoms with E-state index in [2.05, 4.69) is 112 Å². The maximum Gasteiger partial charge on any atom is 0.410 e. The fraction of sp³-hybridized carbons (Fsp3) is 0.250. The van der Waals surface area contributed by atoms with Crippen LogP contribution in [0.3, 0.4) is 0 Å². The highest BCUT2D eigenvalue weighted by Gasteiger charge is 2.35. The summed E-state index contributed by atoms with van der Waals surface area (Å²) in [6, 6.07) is 37.9. The van der Waals surface area contributed by atoms with Crippen molar-refractivity contribution in [2.45, 2.75) is 38.8 Å². The minimum absolute atomic E-state index is 0.0608. The van der Waals surface area contributed by atoms with Crippen molar-refractivity contribution in [3.05, 3.63) is 114 Å². The number of carbonyl (C=O) groups is 1. The zero-order valence-corrected chi connectivity index (χ0v) is 25.0. The number of hydrogen-bond acceptors (Lipinski definition) is 4. The molecular weight excluding hydrogens is 571 g/mol. The summed E-state index contributed by atoms with van der Waals surface area (Å²) in [6.45, 7) is 6.74. The number of benzene rings is 3. The summed E-state index contributed by atoms with van der Waals surface area (Å²) in [6.07, 6.45) is 0.646. The minimum atomic E-state index is -0.468. The standard InChI is InChI=1S/C18H15P.C14H19BrN2O3/c1-4-10-16(11-5-1)19(17-12-6-2-7-13-17)18-14-8-3-9-15-18;1-14(2,3)20-13(18)17-8-7-10(17)9-19-12-6-4-5-11(15)16-12/h1-15H;4-6,10H,7-9H2,1-3H3/t;10-/m.0/s1. The lowest BCUT2D eigenvalue weighted by molar-refractivity contribution is -0.0145. The van der Waals surface area contributed by atoms with Gasteiger partial charge in [-0.3, -0.25) is 0 Å². The van der Waals surface area contributed by atoms with Gasteiger partial charge in [-0.2, -0.15) is 0 Å². The fourth-order valence-electron chi connectivity index (χ4n) is 4.01. The van der Waals surface area contributed by atoms with Crippen LogP contribution in [0, 0.1) is 0 Å². The molecule has 39 heavy (non-hydrogen) atoms. The van der Waals surface area contributed by atoms with Crippen LogP contribution in [0.4, 0.5) is 4.79 Å². The molecule has 2 heterocycles. The lowest BCUT2D eigenvalue weighted by atomic mass is 10.1. The van der Waals surface area contributed by atoms with E-state index < -0.39 is 13.5 Å². The highest BCUT2D eigenvalue weighted by Crippen LogP contribution is 2.32. The average molecular weight is 606 g/mol. The van der Waals surface area contributed by atoms with Crippen molar-refractivity contribution < 1.29 is 14.3 Å². The first-order valence-corrected chi connectivity index (χ1v) is 15.1. The van der Waals surface area contributed by atoms with E-state index in [1.165, 1.54) is 15.9 Å². The Morgan fingerprint density at radius 1 is 0.846 bits per heavy atom. The number of carbonyl (C=O) groups excluding carboxylic acids is 1. The lowest BCUT2D eigenvalue weighted by Crippen LogP contribution is -2.55. The summed E-state index contributed by atoms with van der Waals surface area (Å²) in [5.74, 6) is 0.551. The van der Waals surface area contributed by atoms with E-state index in [1.807, 2.05) is 32.9 Å². The smallest absolute Gasteiger partial charge is 0.410 e. The Hall–Kier alpha value is -3.21. The van der Waals surface area contributed by atoms with E-state index in [4.69, 9.17) is 9.47 Å². The first-order valence-electron chi connectivity index (χ1n) is 13.0. The van der Waals surface area contributed by atoms with Gasteiger partial charge in [-0.25, -0.2) is 9.78 Å². The molecule has 3 aromatic carbocycles. The van der Waals surface area contributed by atoms with Gasteiger partial charge in [0.25, 0.3) is 0 Å². The predicted octanol–water partition coefficient (Wildman–Crippen LogP) is 6.68. The molecule has 0 saturated carbocycles. The molecule has 0 radical (unpaired) electrons. The maximum atomic E-state index is 11.9. The largest absolute Gasteiger partial charge is 0.475 e. The number of halogens is 1. The van der Waals surface area contributed by atoms with Crippen LogP contribution in [-0.4, -0.2) is 40.8 Å². The van der Waals surface area contributed by atoms with Crippen LogP contribution in [0.15, 0.2) is 114 Å². The number of hydrogen-bond donors (Lipinski definition) is 0. The number of ether oxygens (including phenoxy) is 2. The Bertz CT molecular complexity index is 1220. The van der Waals surface area contributed by atoms with Crippen molar-refractivity contribution in [2.75, 3.05) is 13.2 Å². The topological polar surface area (TPSA) is 51.7 Å². The second-order valence-electron chi connectivity index (χ2n) is 10.1. The van der Waals surface area contributed by atoms with Gasteiger partial charge < -0.3 is 14.4 Å². The molecule has 0 spiro atoms. The normalized spacial score (nSPS) is 14.6. The molecule has 1 atom stereocenters. The summed E-state index contributed by atoms with van der Waals surface area (Å²) >= 11 is 3.29. The molecule has 1 aliphatic heterocycles. The van der Waals surface area contributed by atoms with Crippen LogP contribution >= 0.6 is 23.9 Å². The molecule has 0 bridgehead atoms. The quantitative estimate of drug-likeness (QED) is 0.182. The zero-order valence-electron chi connectivity index (χ0n) is 22.5. The Kier molecular flexibility index (Phi) is 10.1. The van der Waals surface area contributed by atoms with Gasteiger partial charge in [0.1, 0.15) is 16.8 Å². The molecule has 5 nitrogen and oxygen atoms in total. The predicted molar refractivity (Wildman–Crippen MR) is 164 cm³/mol. The third-order valence-electron chi connectivity index (χ3n) is 5.93. The van der Waals surface area contributed by atoms with Crippen molar-refractivity contribution >= 4 is 45.9 Å². The number of pyridine rings is 1. The molecule has 1 amide bonds. The number of amides is 1. The van der Waals surface area contributed by atoms with E-state index >= 15 is 0 Å². The van der Waals surface area contributed by atoms with Crippen molar-refractivity contribution in [2.24, 2.45) is 0 Å². The van der Waals surface area contributed by atoms with Crippen molar-refractivity contribution in [3.63, 3.8) is 0 Å². The molecule has 0 N–H and O–H groups in total. The van der Waals surface area contributed by atoms with Crippen molar-refractivity contribution in [1.29, 1.82) is 0 Å². The van der Waals surface area contributed by atoms with E-state index in [1.54, 1.807) is 11.0 Å². The Balaban J connectivity index is 0.000000181. The molecule has 1 aromatic heterocycles. The third kappa shape index (κ3) is 8.64. The summed E-state index contributed by atoms with van der Waals surface area (Å²) in [5.41, 5.74) is -0.468. The second-order valence-corrected chi connectivity index (χ2v) is 13.1. The second kappa shape index (κ2) is 13.7. The van der Waals surface area contributed by atoms with Gasteiger partial charge in [0.2, 0.25) is 5.88 Å². The fourth-order valence-corrected chi connectivity index (χ4v) is 6.64. The summed E-state index contributed by atoms with van der Waals surface area (Å²) in [4.78, 5) is 17.8. The number of nitrogens with zero attached hydrogens (tertiary/aromatic N) is 2. The third-order valence-corrected chi connectivity index (χ3v) is 8.81. The molecule has 0 unspecified atom stereocenters. The van der Waals surface area contributed by atoms with Crippen molar-refractivity contribution in [1.82, 2.24) is 9.88 Å². The van der Waals surface area contributed by atoms with Gasteiger partial charge >= 0.3 is 6.09 Å². The average Bonchev–Trinajstić information content (AvgIpc) is 2.90. The van der Waals surface area contributed by atoms with E-state index in [0.717, 1.165) is 17.6 Å². The van der Waals surface area contributed by atoms with Gasteiger partial charge in [-0.05, 0) is 73.0 Å². The SMILES string of the molecule is CC(C)(C)OC(=O)N1CC[C@H]1COc1cccc(Br)n1.c1ccc(P(c2ccccc2)c2ccccc2)cc1. The van der Waals surface area contributed by atoms with Crippen molar-refractivity contribution in [3.8, 4) is 5.88 Å². The maximum absolute atomic E-state index is 11.9. The molecule has 1 fully saturated rings. The first kappa shape index (κ1) is 28.8. The molecule has 202 valence electrons. The number of aromatic nitrogens is 1. The number of rotatable bonds is 6. The van der Waals surface area contributed by atoms with E-state index in [9.17, 15) is 4.79 Å². The molecule has 7 heteroatoms. The van der Waals surface area contributed by atoms with Gasteiger partial charge in [0.05, 0.1) is 6.04 Å². The monoisotopic (exact) mass is 604 g/mol. The van der Waals surface area contributed by atoms with Crippen LogP contribution in [0.2, 0.25) is 0 Å². The zero-order chi connectivity index (χ0) is 27.7. The van der Waals surface area contributed by atoms with Gasteiger partial charge in [-0.1, -0.05) is 97.1 Å². The van der Waals surface area contributed by atoms with Crippen LogP contribution in [0.25, 0.3) is 0 Å². The highest BCUT2D eigenvalue weighted by molar-refractivity contribution is 9.10. The highest BCUT2D eigenvalue weighted by atomic mass is 79.9. The van der Waals surface area contributed by atoms with Gasteiger partial charge in [-0.15, -0.1) is 0 Å². The molecular formula is C32H34BrN2O3P. The summed E-state index contributed by atoms with van der Waals surface area (Å²) in [5, 5.41) is 4.19. The first-order chi connectivity index (χ1) is 18.8. The van der Waals surface area contributed by atoms with Crippen LogP contribution in [-0.2, 0) is 4.74 Å². The van der Waals surface area contributed by atoms with Gasteiger partial charge in [0.15, 0.2) is 0 Å². The summed E-state index contributed by atoms with van der Waals surface area (Å²) < 4.78 is 11.7. The molecule has 0 aliphatic carbocycles. The lowest BCUT2D eigenvalue weighted by Gasteiger charge is -2.40. The molecule has 1 aliphatic rings. The Labute approximate surface area is 241 Å². The summed E-state index contributed by atoms with van der Waals surface area (Å²) in [7, 11) is -0.446. The molecule has 1 saturated heterocycles.